The van der Waals surface area contributed by atoms with Crippen LogP contribution >= 0.6 is 11.3 Å². The summed E-state index contributed by atoms with van der Waals surface area (Å²) in [5.74, 6) is 0.590. The van der Waals surface area contributed by atoms with Gasteiger partial charge in [-0.15, -0.1) is 0 Å². The van der Waals surface area contributed by atoms with Crippen molar-refractivity contribution in [1.82, 2.24) is 4.57 Å². The molecule has 28 heavy (non-hydrogen) atoms. The Morgan fingerprint density at radius 1 is 1.14 bits per heavy atom. The molecule has 1 aromatic heterocycles. The standard InChI is InChI=1S/C20H18N2O5S/c1-3-8-22-14-9-15-16(27-11-26-15)10-17(14)28-20(22)21-18(23)12-4-6-13(7-5-12)19(24)25-2/h4-7,9-10H,3,8,11H2,1-2H3. The van der Waals surface area contributed by atoms with Crippen molar-refractivity contribution >= 4 is 33.4 Å². The van der Waals surface area contributed by atoms with Crippen molar-refractivity contribution in [3.63, 3.8) is 0 Å². The molecule has 2 aromatic carbocycles. The monoisotopic (exact) mass is 398 g/mol. The Bertz CT molecular complexity index is 1130. The maximum atomic E-state index is 12.7. The second kappa shape index (κ2) is 7.47. The second-order valence-electron chi connectivity index (χ2n) is 6.20. The van der Waals surface area contributed by atoms with Crippen LogP contribution in [0.1, 0.15) is 34.1 Å². The molecule has 0 radical (unpaired) electrons. The van der Waals surface area contributed by atoms with Gasteiger partial charge in [-0.25, -0.2) is 4.79 Å². The van der Waals surface area contributed by atoms with Crippen molar-refractivity contribution in [2.24, 2.45) is 4.99 Å². The maximum Gasteiger partial charge on any atom is 0.337 e. The first-order valence-electron chi connectivity index (χ1n) is 8.81. The average molecular weight is 398 g/mol. The summed E-state index contributed by atoms with van der Waals surface area (Å²) in [7, 11) is 1.32. The average Bonchev–Trinajstić information content (AvgIpc) is 3.30. The lowest BCUT2D eigenvalue weighted by Crippen LogP contribution is -2.17. The molecule has 0 N–H and O–H groups in total. The number of amides is 1. The molecule has 3 aromatic rings. The molecule has 0 saturated carbocycles. The zero-order valence-corrected chi connectivity index (χ0v) is 16.2. The lowest BCUT2D eigenvalue weighted by atomic mass is 10.1. The number of methoxy groups -OCH3 is 1. The van der Waals surface area contributed by atoms with Gasteiger partial charge in [-0.2, -0.15) is 4.99 Å². The van der Waals surface area contributed by atoms with E-state index in [0.29, 0.717) is 27.4 Å². The molecule has 0 bridgehead atoms. The Kier molecular flexibility index (Phi) is 4.87. The van der Waals surface area contributed by atoms with E-state index >= 15 is 0 Å². The van der Waals surface area contributed by atoms with Gasteiger partial charge in [0.25, 0.3) is 5.91 Å². The number of fused-ring (bicyclic) bond motifs is 2. The van der Waals surface area contributed by atoms with Crippen molar-refractivity contribution in [3.05, 3.63) is 52.3 Å². The van der Waals surface area contributed by atoms with Gasteiger partial charge in [0.05, 0.1) is 22.9 Å². The summed E-state index contributed by atoms with van der Waals surface area (Å²) in [6.07, 6.45) is 0.898. The molecule has 8 heteroatoms. The smallest absolute Gasteiger partial charge is 0.337 e. The molecule has 0 atom stereocenters. The van der Waals surface area contributed by atoms with Crippen molar-refractivity contribution in [3.8, 4) is 11.5 Å². The quantitative estimate of drug-likeness (QED) is 0.630. The fourth-order valence-electron chi connectivity index (χ4n) is 3.00. The van der Waals surface area contributed by atoms with E-state index in [2.05, 4.69) is 16.7 Å². The molecule has 0 unspecified atom stereocenters. The molecule has 1 aliphatic heterocycles. The number of aromatic nitrogens is 1. The largest absolute Gasteiger partial charge is 0.465 e. The number of nitrogens with zero attached hydrogens (tertiary/aromatic N) is 2. The highest BCUT2D eigenvalue weighted by molar-refractivity contribution is 7.16. The fraction of sp³-hybridized carbons (Fsp3) is 0.250. The molecule has 0 fully saturated rings. The van der Waals surface area contributed by atoms with Crippen LogP contribution in [-0.2, 0) is 11.3 Å². The summed E-state index contributed by atoms with van der Waals surface area (Å²) in [5.41, 5.74) is 1.75. The molecule has 144 valence electrons. The summed E-state index contributed by atoms with van der Waals surface area (Å²) in [6.45, 7) is 3.02. The van der Waals surface area contributed by atoms with E-state index in [4.69, 9.17) is 9.47 Å². The highest BCUT2D eigenvalue weighted by atomic mass is 32.1. The number of ether oxygens (including phenoxy) is 3. The van der Waals surface area contributed by atoms with Gasteiger partial charge in [0.2, 0.25) is 6.79 Å². The van der Waals surface area contributed by atoms with Crippen LogP contribution in [0.15, 0.2) is 41.4 Å². The molecule has 1 aliphatic rings. The van der Waals surface area contributed by atoms with Crippen LogP contribution in [0, 0.1) is 0 Å². The van der Waals surface area contributed by atoms with Gasteiger partial charge in [0.15, 0.2) is 16.3 Å². The van der Waals surface area contributed by atoms with Crippen LogP contribution in [0.4, 0.5) is 0 Å². The molecule has 0 aliphatic carbocycles. The van der Waals surface area contributed by atoms with E-state index < -0.39 is 5.97 Å². The summed E-state index contributed by atoms with van der Waals surface area (Å²) in [5, 5.41) is 0. The van der Waals surface area contributed by atoms with Gasteiger partial charge in [-0.1, -0.05) is 18.3 Å². The minimum absolute atomic E-state index is 0.220. The third kappa shape index (κ3) is 3.27. The Hall–Kier alpha value is -3.13. The summed E-state index contributed by atoms with van der Waals surface area (Å²) < 4.78 is 18.6. The maximum absolute atomic E-state index is 12.7. The molecule has 0 saturated heterocycles. The number of aryl methyl sites for hydroxylation is 1. The van der Waals surface area contributed by atoms with Crippen LogP contribution in [-0.4, -0.2) is 30.3 Å². The van der Waals surface area contributed by atoms with Crippen LogP contribution in [0.25, 0.3) is 10.2 Å². The van der Waals surface area contributed by atoms with Crippen molar-refractivity contribution in [1.29, 1.82) is 0 Å². The van der Waals surface area contributed by atoms with E-state index in [1.54, 1.807) is 24.3 Å². The van der Waals surface area contributed by atoms with Crippen LogP contribution in [0.3, 0.4) is 0 Å². The Morgan fingerprint density at radius 3 is 2.50 bits per heavy atom. The molecular formula is C20H18N2O5S. The summed E-state index contributed by atoms with van der Waals surface area (Å²) in [6, 6.07) is 10.1. The number of esters is 1. The minimum atomic E-state index is -0.446. The molecule has 7 nitrogen and oxygen atoms in total. The highest BCUT2D eigenvalue weighted by Crippen LogP contribution is 2.37. The molecular weight excluding hydrogens is 380 g/mol. The van der Waals surface area contributed by atoms with Gasteiger partial charge >= 0.3 is 5.97 Å². The number of carbonyl (C=O) groups excluding carboxylic acids is 2. The third-order valence-electron chi connectivity index (χ3n) is 4.37. The zero-order chi connectivity index (χ0) is 19.7. The first kappa shape index (κ1) is 18.2. The van der Waals surface area contributed by atoms with E-state index in [0.717, 1.165) is 23.2 Å². The number of rotatable bonds is 4. The molecule has 2 heterocycles. The Balaban J connectivity index is 1.74. The molecule has 0 spiro atoms. The van der Waals surface area contributed by atoms with Gasteiger partial charge < -0.3 is 18.8 Å². The van der Waals surface area contributed by atoms with Crippen LogP contribution < -0.4 is 14.3 Å². The molecule has 4 rings (SSSR count). The SMILES string of the molecule is CCCn1c(=NC(=O)c2ccc(C(=O)OC)cc2)sc2cc3c(cc21)OCO3. The van der Waals surface area contributed by atoms with E-state index in [-0.39, 0.29) is 12.7 Å². The fourth-order valence-corrected chi connectivity index (χ4v) is 4.07. The number of hydrogen-bond donors (Lipinski definition) is 0. The number of hydrogen-bond acceptors (Lipinski definition) is 6. The van der Waals surface area contributed by atoms with Gasteiger partial charge in [0, 0.05) is 24.2 Å². The lowest BCUT2D eigenvalue weighted by Gasteiger charge is -2.04. The number of thiazole rings is 1. The predicted octanol–water partition coefficient (Wildman–Crippen LogP) is 3.37. The number of carbonyl (C=O) groups is 2. The lowest BCUT2D eigenvalue weighted by molar-refractivity contribution is 0.0600. The summed E-state index contributed by atoms with van der Waals surface area (Å²) >= 11 is 1.43. The van der Waals surface area contributed by atoms with Gasteiger partial charge in [-0.05, 0) is 30.7 Å². The minimum Gasteiger partial charge on any atom is -0.465 e. The van der Waals surface area contributed by atoms with E-state index in [1.165, 1.54) is 18.4 Å². The Morgan fingerprint density at radius 2 is 1.82 bits per heavy atom. The Labute approximate surface area is 164 Å². The number of benzene rings is 2. The second-order valence-corrected chi connectivity index (χ2v) is 7.20. The normalized spacial score (nSPS) is 13.1. The van der Waals surface area contributed by atoms with E-state index in [1.807, 2.05) is 16.7 Å². The van der Waals surface area contributed by atoms with Crippen LogP contribution in [0.2, 0.25) is 0 Å². The zero-order valence-electron chi connectivity index (χ0n) is 15.4. The van der Waals surface area contributed by atoms with E-state index in [9.17, 15) is 9.59 Å². The van der Waals surface area contributed by atoms with Crippen LogP contribution in [0.5, 0.6) is 11.5 Å². The summed E-state index contributed by atoms with van der Waals surface area (Å²) in [4.78, 5) is 29.1. The topological polar surface area (TPSA) is 79.1 Å². The van der Waals surface area contributed by atoms with Gasteiger partial charge in [-0.3, -0.25) is 4.79 Å². The molecule has 1 amide bonds. The van der Waals surface area contributed by atoms with Crippen molar-refractivity contribution < 1.29 is 23.8 Å². The predicted molar refractivity (Wildman–Crippen MR) is 104 cm³/mol. The van der Waals surface area contributed by atoms with Crippen molar-refractivity contribution in [2.75, 3.05) is 13.9 Å². The van der Waals surface area contributed by atoms with Crippen molar-refractivity contribution in [2.45, 2.75) is 19.9 Å². The first-order valence-corrected chi connectivity index (χ1v) is 9.62. The first-order chi connectivity index (χ1) is 13.6. The third-order valence-corrected chi connectivity index (χ3v) is 5.42. The highest BCUT2D eigenvalue weighted by Gasteiger charge is 2.18. The van der Waals surface area contributed by atoms with Gasteiger partial charge in [0.1, 0.15) is 0 Å².